The largest absolute Gasteiger partial charge is 0.497 e. The van der Waals surface area contributed by atoms with E-state index in [0.29, 0.717) is 12.5 Å². The number of ether oxygens (including phenoxy) is 2. The number of benzene rings is 2. The van der Waals surface area contributed by atoms with Crippen molar-refractivity contribution in [3.63, 3.8) is 0 Å². The molecule has 0 aromatic heterocycles. The summed E-state index contributed by atoms with van der Waals surface area (Å²) in [6, 6.07) is 16.4. The molecule has 2 aliphatic rings. The molecule has 2 unspecified atom stereocenters. The lowest BCUT2D eigenvalue weighted by Crippen LogP contribution is -2.41. The number of carbonyl (C=O) groups is 1. The number of likely N-dealkylation sites (tertiary alicyclic amines) is 1. The summed E-state index contributed by atoms with van der Waals surface area (Å²) in [5.74, 6) is 2.01. The van der Waals surface area contributed by atoms with Gasteiger partial charge in [0.15, 0.2) is 0 Å². The fourth-order valence-corrected chi connectivity index (χ4v) is 4.63. The predicted molar refractivity (Wildman–Crippen MR) is 118 cm³/mol. The molecular formula is C24H31N3O3. The molecule has 2 aliphatic heterocycles. The van der Waals surface area contributed by atoms with Crippen LogP contribution < -0.4 is 19.7 Å². The van der Waals surface area contributed by atoms with E-state index in [9.17, 15) is 4.79 Å². The van der Waals surface area contributed by atoms with Crippen LogP contribution in [-0.2, 0) is 0 Å². The number of anilines is 1. The predicted octanol–water partition coefficient (Wildman–Crippen LogP) is 4.08. The molecule has 160 valence electrons. The molecule has 2 aromatic rings. The number of carbonyl (C=O) groups excluding carboxylic acids is 1. The molecule has 4 rings (SSSR count). The Morgan fingerprint density at radius 2 is 1.90 bits per heavy atom. The molecule has 30 heavy (non-hydrogen) atoms. The van der Waals surface area contributed by atoms with Crippen molar-refractivity contribution in [2.75, 3.05) is 45.3 Å². The van der Waals surface area contributed by atoms with Gasteiger partial charge in [0.1, 0.15) is 11.5 Å². The van der Waals surface area contributed by atoms with Crippen molar-refractivity contribution in [1.82, 2.24) is 10.2 Å². The van der Waals surface area contributed by atoms with Gasteiger partial charge in [0.25, 0.3) is 0 Å². The van der Waals surface area contributed by atoms with Gasteiger partial charge in [-0.1, -0.05) is 18.2 Å². The number of para-hydroxylation sites is 1. The SMILES string of the molecule is COc1ccc(C2CCCN2C(=O)NCC2CCN(c3ccccc3)C2)c(OC)c1. The molecule has 1 N–H and O–H groups in total. The van der Waals surface area contributed by atoms with Crippen molar-refractivity contribution < 1.29 is 14.3 Å². The van der Waals surface area contributed by atoms with E-state index in [2.05, 4.69) is 34.5 Å². The molecule has 2 atom stereocenters. The topological polar surface area (TPSA) is 54.0 Å². The van der Waals surface area contributed by atoms with Gasteiger partial charge in [-0.2, -0.15) is 0 Å². The van der Waals surface area contributed by atoms with Crippen LogP contribution in [0.1, 0.15) is 30.9 Å². The van der Waals surface area contributed by atoms with Gasteiger partial charge < -0.3 is 24.6 Å². The average molecular weight is 410 g/mol. The van der Waals surface area contributed by atoms with Crippen molar-refractivity contribution in [1.29, 1.82) is 0 Å². The van der Waals surface area contributed by atoms with Crippen LogP contribution in [0.3, 0.4) is 0 Å². The normalized spacial score (nSPS) is 21.0. The summed E-state index contributed by atoms with van der Waals surface area (Å²) in [7, 11) is 3.31. The van der Waals surface area contributed by atoms with Crippen molar-refractivity contribution in [3.8, 4) is 11.5 Å². The maximum Gasteiger partial charge on any atom is 0.317 e. The van der Waals surface area contributed by atoms with Gasteiger partial charge >= 0.3 is 6.03 Å². The minimum absolute atomic E-state index is 0.0218. The van der Waals surface area contributed by atoms with Gasteiger partial charge in [-0.05, 0) is 49.4 Å². The highest BCUT2D eigenvalue weighted by Gasteiger charge is 2.32. The zero-order valence-corrected chi connectivity index (χ0v) is 17.8. The zero-order valence-electron chi connectivity index (χ0n) is 17.8. The second-order valence-electron chi connectivity index (χ2n) is 8.08. The molecule has 0 spiro atoms. The van der Waals surface area contributed by atoms with E-state index in [0.717, 1.165) is 56.0 Å². The summed E-state index contributed by atoms with van der Waals surface area (Å²) in [6.07, 6.45) is 3.05. The van der Waals surface area contributed by atoms with Crippen LogP contribution in [0.2, 0.25) is 0 Å². The smallest absolute Gasteiger partial charge is 0.317 e. The number of nitrogens with zero attached hydrogens (tertiary/aromatic N) is 2. The monoisotopic (exact) mass is 409 g/mol. The van der Waals surface area contributed by atoms with Gasteiger partial charge in [0.05, 0.1) is 20.3 Å². The fourth-order valence-electron chi connectivity index (χ4n) is 4.63. The van der Waals surface area contributed by atoms with Crippen LogP contribution in [-0.4, -0.2) is 51.3 Å². The summed E-state index contributed by atoms with van der Waals surface area (Å²) in [5.41, 5.74) is 2.31. The molecule has 0 radical (unpaired) electrons. The van der Waals surface area contributed by atoms with Crippen LogP contribution in [0, 0.1) is 5.92 Å². The van der Waals surface area contributed by atoms with E-state index in [4.69, 9.17) is 9.47 Å². The lowest BCUT2D eigenvalue weighted by Gasteiger charge is -2.27. The minimum atomic E-state index is 0.0218. The Labute approximate surface area is 178 Å². The number of methoxy groups -OCH3 is 2. The number of nitrogens with one attached hydrogen (secondary N) is 1. The number of urea groups is 1. The van der Waals surface area contributed by atoms with E-state index < -0.39 is 0 Å². The molecule has 0 saturated carbocycles. The average Bonchev–Trinajstić information content (AvgIpc) is 3.47. The van der Waals surface area contributed by atoms with Crippen molar-refractivity contribution in [2.24, 2.45) is 5.92 Å². The quantitative estimate of drug-likeness (QED) is 0.781. The van der Waals surface area contributed by atoms with E-state index in [1.165, 1.54) is 5.69 Å². The summed E-state index contributed by atoms with van der Waals surface area (Å²) < 4.78 is 10.9. The Kier molecular flexibility index (Phi) is 6.31. The van der Waals surface area contributed by atoms with Gasteiger partial charge in [-0.25, -0.2) is 4.79 Å². The molecule has 6 heteroatoms. The zero-order chi connectivity index (χ0) is 20.9. The number of rotatable bonds is 6. The highest BCUT2D eigenvalue weighted by molar-refractivity contribution is 5.75. The summed E-state index contributed by atoms with van der Waals surface area (Å²) in [5, 5.41) is 3.19. The number of amides is 2. The second-order valence-corrected chi connectivity index (χ2v) is 8.08. The standard InChI is InChI=1S/C24H31N3O3/c1-29-20-10-11-21(23(15-20)30-2)22-9-6-13-27(22)24(28)25-16-18-12-14-26(17-18)19-7-4-3-5-8-19/h3-5,7-8,10-11,15,18,22H,6,9,12-14,16-17H2,1-2H3,(H,25,28). The van der Waals surface area contributed by atoms with Crippen molar-refractivity contribution >= 4 is 11.7 Å². The van der Waals surface area contributed by atoms with E-state index in [-0.39, 0.29) is 12.1 Å². The number of hydrogen-bond donors (Lipinski definition) is 1. The lowest BCUT2D eigenvalue weighted by atomic mass is 10.0. The maximum absolute atomic E-state index is 13.0. The Balaban J connectivity index is 1.36. The third-order valence-corrected chi connectivity index (χ3v) is 6.26. The first-order valence-electron chi connectivity index (χ1n) is 10.8. The summed E-state index contributed by atoms with van der Waals surface area (Å²) in [6.45, 7) is 3.51. The van der Waals surface area contributed by atoms with Crippen LogP contribution >= 0.6 is 0 Å². The second kappa shape index (κ2) is 9.28. The Morgan fingerprint density at radius 3 is 2.67 bits per heavy atom. The fraction of sp³-hybridized carbons (Fsp3) is 0.458. The highest BCUT2D eigenvalue weighted by atomic mass is 16.5. The van der Waals surface area contributed by atoms with E-state index in [1.54, 1.807) is 14.2 Å². The van der Waals surface area contributed by atoms with E-state index in [1.807, 2.05) is 29.2 Å². The van der Waals surface area contributed by atoms with Crippen molar-refractivity contribution in [3.05, 3.63) is 54.1 Å². The molecule has 2 saturated heterocycles. The third-order valence-electron chi connectivity index (χ3n) is 6.26. The third kappa shape index (κ3) is 4.32. The van der Waals surface area contributed by atoms with Gasteiger partial charge in [-0.15, -0.1) is 0 Å². The molecule has 6 nitrogen and oxygen atoms in total. The van der Waals surface area contributed by atoms with Gasteiger partial charge in [0.2, 0.25) is 0 Å². The first kappa shape index (κ1) is 20.4. The van der Waals surface area contributed by atoms with Crippen LogP contribution in [0.15, 0.2) is 48.5 Å². The first-order chi connectivity index (χ1) is 14.7. The van der Waals surface area contributed by atoms with E-state index >= 15 is 0 Å². The molecule has 2 amide bonds. The lowest BCUT2D eigenvalue weighted by molar-refractivity contribution is 0.190. The molecule has 2 aromatic carbocycles. The maximum atomic E-state index is 13.0. The highest BCUT2D eigenvalue weighted by Crippen LogP contribution is 2.38. The van der Waals surface area contributed by atoms with Gasteiger partial charge in [-0.3, -0.25) is 0 Å². The van der Waals surface area contributed by atoms with Crippen LogP contribution in [0.25, 0.3) is 0 Å². The van der Waals surface area contributed by atoms with Crippen LogP contribution in [0.5, 0.6) is 11.5 Å². The molecule has 0 aliphatic carbocycles. The molecule has 2 fully saturated rings. The molecule has 2 heterocycles. The Morgan fingerprint density at radius 1 is 1.07 bits per heavy atom. The van der Waals surface area contributed by atoms with Gasteiger partial charge in [0, 0.05) is 43.5 Å². The summed E-state index contributed by atoms with van der Waals surface area (Å²) in [4.78, 5) is 17.3. The Hall–Kier alpha value is -2.89. The van der Waals surface area contributed by atoms with Crippen molar-refractivity contribution in [2.45, 2.75) is 25.3 Å². The number of hydrogen-bond acceptors (Lipinski definition) is 4. The van der Waals surface area contributed by atoms with Crippen LogP contribution in [0.4, 0.5) is 10.5 Å². The first-order valence-corrected chi connectivity index (χ1v) is 10.8. The molecular weight excluding hydrogens is 378 g/mol. The molecule has 0 bridgehead atoms. The Bertz CT molecular complexity index is 858. The summed E-state index contributed by atoms with van der Waals surface area (Å²) >= 11 is 0. The minimum Gasteiger partial charge on any atom is -0.497 e.